The molecule has 0 fully saturated rings. The van der Waals surface area contributed by atoms with Gasteiger partial charge >= 0.3 is 0 Å². The number of hydrogen-bond acceptors (Lipinski definition) is 4. The van der Waals surface area contributed by atoms with E-state index in [1.807, 2.05) is 6.92 Å². The molecule has 0 aliphatic heterocycles. The second-order valence-electron chi connectivity index (χ2n) is 4.14. The lowest BCUT2D eigenvalue weighted by molar-refractivity contribution is 0.0474. The van der Waals surface area contributed by atoms with Gasteiger partial charge in [0.2, 0.25) is 0 Å². The Labute approximate surface area is 118 Å². The summed E-state index contributed by atoms with van der Waals surface area (Å²) in [4.78, 5) is 18.1. The third kappa shape index (κ3) is 4.78. The van der Waals surface area contributed by atoms with Gasteiger partial charge in [0, 0.05) is 20.8 Å². The summed E-state index contributed by atoms with van der Waals surface area (Å²) >= 11 is 5.81. The molecule has 6 heteroatoms. The van der Waals surface area contributed by atoms with Crippen LogP contribution in [0.15, 0.2) is 18.2 Å². The number of rotatable bonds is 7. The van der Waals surface area contributed by atoms with Crippen LogP contribution >= 0.6 is 11.6 Å². The topological polar surface area (TPSA) is 51.7 Å². The zero-order chi connectivity index (χ0) is 14.3. The number of carbonyl (C=O) groups excluding carboxylic acids is 1. The fourth-order valence-electron chi connectivity index (χ4n) is 1.72. The van der Waals surface area contributed by atoms with E-state index in [-0.39, 0.29) is 11.9 Å². The molecule has 0 saturated carbocycles. The number of halogens is 1. The van der Waals surface area contributed by atoms with Gasteiger partial charge in [0.25, 0.3) is 5.91 Å². The molecule has 0 N–H and O–H groups in total. The number of amides is 1. The lowest BCUT2D eigenvalue weighted by Gasteiger charge is -2.28. The molecule has 19 heavy (non-hydrogen) atoms. The third-order valence-corrected chi connectivity index (χ3v) is 2.88. The molecule has 0 aromatic carbocycles. The van der Waals surface area contributed by atoms with Crippen molar-refractivity contribution in [2.75, 3.05) is 34.0 Å². The van der Waals surface area contributed by atoms with Crippen LogP contribution in [-0.4, -0.2) is 55.8 Å². The second-order valence-corrected chi connectivity index (χ2v) is 4.53. The maximum absolute atomic E-state index is 12.4. The predicted octanol–water partition coefficient (Wildman–Crippen LogP) is 1.86. The van der Waals surface area contributed by atoms with E-state index >= 15 is 0 Å². The number of carbonyl (C=O) groups is 1. The Bertz CT molecular complexity index is 415. The maximum atomic E-state index is 12.4. The van der Waals surface area contributed by atoms with Crippen LogP contribution in [0.4, 0.5) is 0 Å². The summed E-state index contributed by atoms with van der Waals surface area (Å²) in [6, 6.07) is 4.93. The van der Waals surface area contributed by atoms with Gasteiger partial charge in [-0.3, -0.25) is 4.79 Å². The highest BCUT2D eigenvalue weighted by atomic mass is 35.5. The molecular formula is C13H19ClN2O3. The van der Waals surface area contributed by atoms with Crippen molar-refractivity contribution in [3.63, 3.8) is 0 Å². The molecule has 1 unspecified atom stereocenters. The molecule has 1 rings (SSSR count). The molecule has 1 amide bonds. The average molecular weight is 287 g/mol. The van der Waals surface area contributed by atoms with Crippen molar-refractivity contribution in [3.8, 4) is 0 Å². The van der Waals surface area contributed by atoms with Crippen LogP contribution in [0.25, 0.3) is 0 Å². The Morgan fingerprint density at radius 2 is 2.16 bits per heavy atom. The first kappa shape index (κ1) is 15.9. The highest BCUT2D eigenvalue weighted by molar-refractivity contribution is 6.29. The molecular weight excluding hydrogens is 268 g/mol. The van der Waals surface area contributed by atoms with Crippen molar-refractivity contribution in [2.45, 2.75) is 13.0 Å². The summed E-state index contributed by atoms with van der Waals surface area (Å²) in [5, 5.41) is 0.303. The van der Waals surface area contributed by atoms with Gasteiger partial charge in [-0.1, -0.05) is 17.7 Å². The fraction of sp³-hybridized carbons (Fsp3) is 0.538. The van der Waals surface area contributed by atoms with Gasteiger partial charge in [-0.25, -0.2) is 4.98 Å². The molecule has 1 heterocycles. The van der Waals surface area contributed by atoms with Crippen molar-refractivity contribution >= 4 is 17.5 Å². The van der Waals surface area contributed by atoms with E-state index in [1.165, 1.54) is 0 Å². The number of pyridine rings is 1. The molecule has 0 spiro atoms. The van der Waals surface area contributed by atoms with Crippen LogP contribution in [0.1, 0.15) is 17.4 Å². The smallest absolute Gasteiger partial charge is 0.272 e. The second kappa shape index (κ2) is 8.09. The molecule has 0 aliphatic rings. The Kier molecular flexibility index (Phi) is 6.77. The Morgan fingerprint density at radius 1 is 1.42 bits per heavy atom. The van der Waals surface area contributed by atoms with Crippen molar-refractivity contribution in [2.24, 2.45) is 0 Å². The number of methoxy groups -OCH3 is 2. The molecule has 0 radical (unpaired) electrons. The minimum absolute atomic E-state index is 0.0616. The molecule has 1 aromatic rings. The summed E-state index contributed by atoms with van der Waals surface area (Å²) in [6.45, 7) is 3.31. The molecule has 0 bridgehead atoms. The molecule has 0 aliphatic carbocycles. The van der Waals surface area contributed by atoms with Crippen LogP contribution < -0.4 is 0 Å². The predicted molar refractivity (Wildman–Crippen MR) is 73.5 cm³/mol. The van der Waals surface area contributed by atoms with Gasteiger partial charge in [-0.15, -0.1) is 0 Å². The lowest BCUT2D eigenvalue weighted by Crippen LogP contribution is -2.43. The highest BCUT2D eigenvalue weighted by Crippen LogP contribution is 2.10. The standard InChI is InChI=1S/C13H19ClN2O3/c1-10(9-19-3)16(7-8-18-2)13(17)11-5-4-6-12(14)15-11/h4-6,10H,7-9H2,1-3H3. The van der Waals surface area contributed by atoms with Crippen molar-refractivity contribution < 1.29 is 14.3 Å². The van der Waals surface area contributed by atoms with Crippen molar-refractivity contribution in [1.82, 2.24) is 9.88 Å². The van der Waals surface area contributed by atoms with E-state index in [1.54, 1.807) is 37.3 Å². The van der Waals surface area contributed by atoms with Gasteiger partial charge in [0.15, 0.2) is 0 Å². The van der Waals surface area contributed by atoms with E-state index in [0.29, 0.717) is 30.6 Å². The highest BCUT2D eigenvalue weighted by Gasteiger charge is 2.22. The first-order valence-electron chi connectivity index (χ1n) is 6.01. The summed E-state index contributed by atoms with van der Waals surface area (Å²) in [5.74, 6) is -0.177. The van der Waals surface area contributed by atoms with E-state index < -0.39 is 0 Å². The molecule has 1 aromatic heterocycles. The van der Waals surface area contributed by atoms with Crippen molar-refractivity contribution in [3.05, 3.63) is 29.0 Å². The van der Waals surface area contributed by atoms with Crippen LogP contribution in [0.5, 0.6) is 0 Å². The Hall–Kier alpha value is -1.17. The number of aromatic nitrogens is 1. The molecule has 0 saturated heterocycles. The van der Waals surface area contributed by atoms with Crippen LogP contribution in [0, 0.1) is 0 Å². The minimum atomic E-state index is -0.177. The molecule has 5 nitrogen and oxygen atoms in total. The maximum Gasteiger partial charge on any atom is 0.272 e. The zero-order valence-electron chi connectivity index (χ0n) is 11.4. The Morgan fingerprint density at radius 3 is 2.74 bits per heavy atom. The zero-order valence-corrected chi connectivity index (χ0v) is 12.2. The summed E-state index contributed by atoms with van der Waals surface area (Å²) in [5.41, 5.74) is 0.326. The van der Waals surface area contributed by atoms with E-state index in [0.717, 1.165) is 0 Å². The van der Waals surface area contributed by atoms with Gasteiger partial charge in [-0.05, 0) is 19.1 Å². The SMILES string of the molecule is COCCN(C(=O)c1cccc(Cl)n1)C(C)COC. The van der Waals surface area contributed by atoms with E-state index in [4.69, 9.17) is 21.1 Å². The summed E-state index contributed by atoms with van der Waals surface area (Å²) < 4.78 is 10.1. The normalized spacial score (nSPS) is 12.2. The third-order valence-electron chi connectivity index (χ3n) is 2.67. The molecule has 106 valence electrons. The first-order valence-corrected chi connectivity index (χ1v) is 6.39. The van der Waals surface area contributed by atoms with Crippen LogP contribution in [0.3, 0.4) is 0 Å². The van der Waals surface area contributed by atoms with Gasteiger partial charge < -0.3 is 14.4 Å². The summed E-state index contributed by atoms with van der Waals surface area (Å²) in [6.07, 6.45) is 0. The van der Waals surface area contributed by atoms with E-state index in [9.17, 15) is 4.79 Å². The van der Waals surface area contributed by atoms with Gasteiger partial charge in [-0.2, -0.15) is 0 Å². The minimum Gasteiger partial charge on any atom is -0.383 e. The summed E-state index contributed by atoms with van der Waals surface area (Å²) in [7, 11) is 3.20. The van der Waals surface area contributed by atoms with Crippen LogP contribution in [-0.2, 0) is 9.47 Å². The van der Waals surface area contributed by atoms with Crippen LogP contribution in [0.2, 0.25) is 5.15 Å². The first-order chi connectivity index (χ1) is 9.10. The Balaban J connectivity index is 2.86. The largest absolute Gasteiger partial charge is 0.383 e. The van der Waals surface area contributed by atoms with Crippen molar-refractivity contribution in [1.29, 1.82) is 0 Å². The molecule has 1 atom stereocenters. The number of hydrogen-bond donors (Lipinski definition) is 0. The van der Waals surface area contributed by atoms with Gasteiger partial charge in [0.1, 0.15) is 10.8 Å². The monoisotopic (exact) mass is 286 g/mol. The average Bonchev–Trinajstić information content (AvgIpc) is 2.39. The fourth-order valence-corrected chi connectivity index (χ4v) is 1.88. The number of ether oxygens (including phenoxy) is 2. The lowest BCUT2D eigenvalue weighted by atomic mass is 10.2. The quantitative estimate of drug-likeness (QED) is 0.718. The van der Waals surface area contributed by atoms with E-state index in [2.05, 4.69) is 4.98 Å². The number of nitrogens with zero attached hydrogens (tertiary/aromatic N) is 2. The van der Waals surface area contributed by atoms with Gasteiger partial charge in [0.05, 0.1) is 19.3 Å².